The van der Waals surface area contributed by atoms with Crippen molar-refractivity contribution in [1.82, 2.24) is 0 Å². The minimum atomic E-state index is 0.120. The van der Waals surface area contributed by atoms with Crippen LogP contribution in [0.1, 0.15) is 24.0 Å². The van der Waals surface area contributed by atoms with Gasteiger partial charge in [0.1, 0.15) is 11.5 Å². The first-order chi connectivity index (χ1) is 12.8. The van der Waals surface area contributed by atoms with Gasteiger partial charge in [0.15, 0.2) is 0 Å². The maximum Gasteiger partial charge on any atom is 0.122 e. The van der Waals surface area contributed by atoms with E-state index in [1.165, 1.54) is 0 Å². The van der Waals surface area contributed by atoms with Crippen molar-refractivity contribution >= 4 is 23.2 Å². The summed E-state index contributed by atoms with van der Waals surface area (Å²) >= 11 is 11.7. The summed E-state index contributed by atoms with van der Waals surface area (Å²) in [6, 6.07) is 16.0. The number of hydrogen-bond donors (Lipinski definition) is 1. The quantitative estimate of drug-likeness (QED) is 0.409. The molecule has 0 amide bonds. The lowest BCUT2D eigenvalue weighted by Crippen LogP contribution is -2.15. The van der Waals surface area contributed by atoms with Gasteiger partial charge in [0.2, 0.25) is 0 Å². The molecule has 26 heavy (non-hydrogen) atoms. The molecule has 1 unspecified atom stereocenters. The number of para-hydroxylation sites is 2. The molecule has 2 rings (SSSR count). The van der Waals surface area contributed by atoms with Crippen LogP contribution in [0, 0.1) is 5.92 Å². The summed E-state index contributed by atoms with van der Waals surface area (Å²) in [4.78, 5) is 0. The number of ether oxygens (including phenoxy) is 2. The zero-order valence-corrected chi connectivity index (χ0v) is 16.4. The zero-order chi connectivity index (χ0) is 18.6. The van der Waals surface area contributed by atoms with E-state index in [-0.39, 0.29) is 12.5 Å². The van der Waals surface area contributed by atoms with E-state index in [1.54, 1.807) is 0 Å². The lowest BCUT2D eigenvalue weighted by atomic mass is 10.0. The predicted molar refractivity (Wildman–Crippen MR) is 108 cm³/mol. The third kappa shape index (κ3) is 6.71. The first-order valence-electron chi connectivity index (χ1n) is 8.92. The van der Waals surface area contributed by atoms with Crippen LogP contribution in [0.3, 0.4) is 0 Å². The van der Waals surface area contributed by atoms with Crippen LogP contribution < -0.4 is 9.47 Å². The minimum absolute atomic E-state index is 0.120. The number of halogens is 2. The van der Waals surface area contributed by atoms with E-state index >= 15 is 0 Å². The van der Waals surface area contributed by atoms with Crippen LogP contribution in [0.2, 0.25) is 0 Å². The maximum absolute atomic E-state index is 9.10. The molecule has 1 N–H and O–H groups in total. The molecule has 0 heterocycles. The van der Waals surface area contributed by atoms with E-state index in [4.69, 9.17) is 37.8 Å². The molecule has 0 aromatic heterocycles. The van der Waals surface area contributed by atoms with Crippen molar-refractivity contribution in [2.24, 2.45) is 5.92 Å². The fraction of sp³-hybridized carbons (Fsp3) is 0.429. The standard InChI is InChI=1S/C21H26Cl2O3/c22-11-5-13-25-20-8-3-1-6-18(20)14-19-7-2-4-9-21(19)26-16-17(15-23)10-12-24/h1-4,6-9,17,24H,5,10-16H2. The fourth-order valence-electron chi connectivity index (χ4n) is 2.62. The van der Waals surface area contributed by atoms with Gasteiger partial charge in [0.25, 0.3) is 0 Å². The molecule has 2 aromatic carbocycles. The molecule has 0 saturated carbocycles. The minimum Gasteiger partial charge on any atom is -0.493 e. The van der Waals surface area contributed by atoms with Crippen molar-refractivity contribution < 1.29 is 14.6 Å². The van der Waals surface area contributed by atoms with Gasteiger partial charge in [-0.05, 0) is 36.1 Å². The highest BCUT2D eigenvalue weighted by Crippen LogP contribution is 2.27. The Labute approximate surface area is 165 Å². The van der Waals surface area contributed by atoms with E-state index in [9.17, 15) is 0 Å². The first kappa shape index (κ1) is 20.9. The Morgan fingerprint density at radius 1 is 0.885 bits per heavy atom. The van der Waals surface area contributed by atoms with Crippen molar-refractivity contribution in [3.05, 3.63) is 59.7 Å². The highest BCUT2D eigenvalue weighted by Gasteiger charge is 2.12. The lowest BCUT2D eigenvalue weighted by molar-refractivity contribution is 0.208. The highest BCUT2D eigenvalue weighted by atomic mass is 35.5. The Morgan fingerprint density at radius 2 is 1.50 bits per heavy atom. The molecule has 0 aliphatic rings. The van der Waals surface area contributed by atoms with Crippen LogP contribution in [-0.4, -0.2) is 36.7 Å². The average molecular weight is 397 g/mol. The molecule has 1 atom stereocenters. The van der Waals surface area contributed by atoms with E-state index < -0.39 is 0 Å². The molecule has 0 aliphatic carbocycles. The van der Waals surface area contributed by atoms with Gasteiger partial charge in [-0.15, -0.1) is 23.2 Å². The molecule has 0 saturated heterocycles. The third-order valence-electron chi connectivity index (χ3n) is 4.09. The molecule has 0 aliphatic heterocycles. The van der Waals surface area contributed by atoms with Gasteiger partial charge in [0.05, 0.1) is 13.2 Å². The van der Waals surface area contributed by atoms with E-state index in [0.717, 1.165) is 35.5 Å². The van der Waals surface area contributed by atoms with Gasteiger partial charge >= 0.3 is 0 Å². The van der Waals surface area contributed by atoms with Crippen LogP contribution in [0.5, 0.6) is 11.5 Å². The topological polar surface area (TPSA) is 38.7 Å². The molecular formula is C21H26Cl2O3. The Hall–Kier alpha value is -1.42. The summed E-state index contributed by atoms with van der Waals surface area (Å²) in [5, 5.41) is 9.10. The molecule has 2 aromatic rings. The van der Waals surface area contributed by atoms with E-state index in [1.807, 2.05) is 36.4 Å². The van der Waals surface area contributed by atoms with Crippen LogP contribution in [-0.2, 0) is 6.42 Å². The van der Waals surface area contributed by atoms with E-state index in [2.05, 4.69) is 12.1 Å². The van der Waals surface area contributed by atoms with Crippen molar-refractivity contribution in [1.29, 1.82) is 0 Å². The Bertz CT molecular complexity index is 649. The number of rotatable bonds is 12. The predicted octanol–water partition coefficient (Wildman–Crippen LogP) is 4.90. The second-order valence-electron chi connectivity index (χ2n) is 6.13. The monoisotopic (exact) mass is 396 g/mol. The maximum atomic E-state index is 9.10. The molecule has 142 valence electrons. The smallest absolute Gasteiger partial charge is 0.122 e. The van der Waals surface area contributed by atoms with Crippen LogP contribution >= 0.6 is 23.2 Å². The van der Waals surface area contributed by atoms with Gasteiger partial charge in [0, 0.05) is 30.7 Å². The summed E-state index contributed by atoms with van der Waals surface area (Å²) in [5.74, 6) is 2.93. The third-order valence-corrected chi connectivity index (χ3v) is 4.80. The fourth-order valence-corrected chi connectivity index (χ4v) is 2.97. The van der Waals surface area contributed by atoms with Gasteiger partial charge in [-0.3, -0.25) is 0 Å². The molecule has 0 spiro atoms. The molecule has 0 bridgehead atoms. The van der Waals surface area contributed by atoms with E-state index in [0.29, 0.717) is 31.4 Å². The summed E-state index contributed by atoms with van der Waals surface area (Å²) in [6.07, 6.45) is 2.18. The number of hydrogen-bond acceptors (Lipinski definition) is 3. The van der Waals surface area contributed by atoms with Crippen molar-refractivity contribution in [3.63, 3.8) is 0 Å². The summed E-state index contributed by atoms with van der Waals surface area (Å²) in [7, 11) is 0. The lowest BCUT2D eigenvalue weighted by Gasteiger charge is -2.17. The SMILES string of the molecule is OCCC(CCl)COc1ccccc1Cc1ccccc1OCCCCl. The van der Waals surface area contributed by atoms with Crippen molar-refractivity contribution in [2.75, 3.05) is 31.6 Å². The Kier molecular flexibility index (Phi) is 9.68. The second-order valence-corrected chi connectivity index (χ2v) is 6.81. The van der Waals surface area contributed by atoms with Gasteiger partial charge in [-0.25, -0.2) is 0 Å². The van der Waals surface area contributed by atoms with Crippen molar-refractivity contribution in [2.45, 2.75) is 19.3 Å². The van der Waals surface area contributed by atoms with Crippen LogP contribution in [0.4, 0.5) is 0 Å². The molecular weight excluding hydrogens is 371 g/mol. The summed E-state index contributed by atoms with van der Waals surface area (Å²) in [5.41, 5.74) is 2.21. The largest absolute Gasteiger partial charge is 0.493 e. The highest BCUT2D eigenvalue weighted by molar-refractivity contribution is 6.18. The Morgan fingerprint density at radius 3 is 2.08 bits per heavy atom. The number of aliphatic hydroxyl groups excluding tert-OH is 1. The number of benzene rings is 2. The zero-order valence-electron chi connectivity index (χ0n) is 14.9. The molecule has 3 nitrogen and oxygen atoms in total. The number of alkyl halides is 2. The number of aliphatic hydroxyl groups is 1. The van der Waals surface area contributed by atoms with Gasteiger partial charge in [-0.1, -0.05) is 36.4 Å². The molecule has 0 fully saturated rings. The van der Waals surface area contributed by atoms with Crippen LogP contribution in [0.15, 0.2) is 48.5 Å². The van der Waals surface area contributed by atoms with Crippen molar-refractivity contribution in [3.8, 4) is 11.5 Å². The van der Waals surface area contributed by atoms with Gasteiger partial charge in [-0.2, -0.15) is 0 Å². The normalized spacial score (nSPS) is 12.0. The average Bonchev–Trinajstić information content (AvgIpc) is 2.67. The summed E-state index contributed by atoms with van der Waals surface area (Å²) < 4.78 is 11.9. The van der Waals surface area contributed by atoms with Gasteiger partial charge < -0.3 is 14.6 Å². The first-order valence-corrected chi connectivity index (χ1v) is 9.99. The Balaban J connectivity index is 2.08. The molecule has 5 heteroatoms. The second kappa shape index (κ2) is 12.1. The van der Waals surface area contributed by atoms with Crippen LogP contribution in [0.25, 0.3) is 0 Å². The summed E-state index contributed by atoms with van der Waals surface area (Å²) in [6.45, 7) is 1.22. The molecule has 0 radical (unpaired) electrons.